The van der Waals surface area contributed by atoms with Crippen molar-refractivity contribution in [3.8, 4) is 11.4 Å². The van der Waals surface area contributed by atoms with Gasteiger partial charge >= 0.3 is 0 Å². The Hall–Kier alpha value is -2.26. The highest BCUT2D eigenvalue weighted by molar-refractivity contribution is 7.92. The molecule has 4 rings (SSSR count). The fourth-order valence-electron chi connectivity index (χ4n) is 3.91. The normalized spacial score (nSPS) is 19.9. The fourth-order valence-corrected chi connectivity index (χ4v) is 6.74. The summed E-state index contributed by atoms with van der Waals surface area (Å²) < 4.78 is 31.0. The number of rotatable bonds is 6. The van der Waals surface area contributed by atoms with Gasteiger partial charge in [-0.1, -0.05) is 11.2 Å². The van der Waals surface area contributed by atoms with Gasteiger partial charge in [-0.05, 0) is 57.6 Å². The van der Waals surface area contributed by atoms with E-state index >= 15 is 0 Å². The van der Waals surface area contributed by atoms with Crippen molar-refractivity contribution in [2.24, 2.45) is 5.92 Å². The first-order valence-electron chi connectivity index (χ1n) is 9.72. The molecule has 1 saturated carbocycles. The number of pyridine rings is 1. The molecule has 0 unspecified atom stereocenters. The van der Waals surface area contributed by atoms with Gasteiger partial charge in [0.15, 0.2) is 20.7 Å². The van der Waals surface area contributed by atoms with Gasteiger partial charge in [0.05, 0.1) is 16.6 Å². The van der Waals surface area contributed by atoms with Crippen LogP contribution < -0.4 is 5.32 Å². The molecule has 29 heavy (non-hydrogen) atoms. The van der Waals surface area contributed by atoms with Crippen molar-refractivity contribution >= 4 is 26.3 Å². The monoisotopic (exact) mass is 432 g/mol. The second-order valence-electron chi connectivity index (χ2n) is 7.47. The molecule has 7 nitrogen and oxygen atoms in total. The lowest BCUT2D eigenvalue weighted by molar-refractivity contribution is 0.370. The lowest BCUT2D eigenvalue weighted by Gasteiger charge is -2.28. The summed E-state index contributed by atoms with van der Waals surface area (Å²) in [5.41, 5.74) is 2.19. The van der Waals surface area contributed by atoms with Crippen molar-refractivity contribution in [3.63, 3.8) is 0 Å². The van der Waals surface area contributed by atoms with Gasteiger partial charge in [-0.3, -0.25) is 4.98 Å². The molecule has 3 aromatic rings. The van der Waals surface area contributed by atoms with Crippen LogP contribution in [0.1, 0.15) is 37.1 Å². The van der Waals surface area contributed by atoms with Crippen LogP contribution in [0.4, 0.5) is 5.13 Å². The summed E-state index contributed by atoms with van der Waals surface area (Å²) in [6.07, 6.45) is 4.83. The van der Waals surface area contributed by atoms with Crippen LogP contribution in [-0.4, -0.2) is 35.3 Å². The smallest absolute Gasteiger partial charge is 0.186 e. The van der Waals surface area contributed by atoms with Crippen molar-refractivity contribution in [1.82, 2.24) is 15.1 Å². The van der Waals surface area contributed by atoms with Crippen LogP contribution in [0.15, 0.2) is 39.2 Å². The van der Waals surface area contributed by atoms with Gasteiger partial charge in [-0.25, -0.2) is 13.4 Å². The Morgan fingerprint density at radius 2 is 1.97 bits per heavy atom. The number of aryl methyl sites for hydroxylation is 2. The van der Waals surface area contributed by atoms with Gasteiger partial charge in [-0.2, -0.15) is 0 Å². The van der Waals surface area contributed by atoms with E-state index in [9.17, 15) is 8.42 Å². The summed E-state index contributed by atoms with van der Waals surface area (Å²) in [5.74, 6) is 0.826. The maximum absolute atomic E-state index is 13.0. The summed E-state index contributed by atoms with van der Waals surface area (Å²) in [6, 6.07) is 5.78. The zero-order valence-electron chi connectivity index (χ0n) is 16.5. The lowest BCUT2D eigenvalue weighted by atomic mass is 9.89. The quantitative estimate of drug-likeness (QED) is 0.621. The second kappa shape index (κ2) is 8.23. The number of thiazole rings is 1. The van der Waals surface area contributed by atoms with Gasteiger partial charge in [-0.15, -0.1) is 11.3 Å². The van der Waals surface area contributed by atoms with Crippen molar-refractivity contribution < 1.29 is 12.9 Å². The first-order chi connectivity index (χ1) is 13.9. The fraction of sp³-hybridized carbons (Fsp3) is 0.450. The van der Waals surface area contributed by atoms with Crippen molar-refractivity contribution in [2.75, 3.05) is 11.9 Å². The van der Waals surface area contributed by atoms with Gasteiger partial charge in [0.1, 0.15) is 10.6 Å². The Bertz CT molecular complexity index is 1050. The summed E-state index contributed by atoms with van der Waals surface area (Å²) in [6.45, 7) is 4.15. The summed E-state index contributed by atoms with van der Waals surface area (Å²) >= 11 is 1.56. The molecule has 0 spiro atoms. The largest absolute Gasteiger partial charge is 0.361 e. The Morgan fingerprint density at radius 3 is 2.62 bits per heavy atom. The number of nitrogens with one attached hydrogen (secondary N) is 1. The molecule has 1 fully saturated rings. The molecule has 1 aliphatic carbocycles. The maximum Gasteiger partial charge on any atom is 0.186 e. The number of anilines is 1. The number of hydrogen-bond donors (Lipinski definition) is 1. The van der Waals surface area contributed by atoms with E-state index in [1.165, 1.54) is 0 Å². The standard InChI is InChI=1S/C20H24N4O3S2/c1-13-19(14(2)27-24-13)29(25,26)16-8-6-15(7-9-16)11-22-20-23-18(12-28-20)17-5-3-4-10-21-17/h3-5,10,12,15-16H,6-9,11H2,1-2H3,(H,22,23). The summed E-state index contributed by atoms with van der Waals surface area (Å²) in [5, 5.41) is 9.73. The number of sulfone groups is 1. The van der Waals surface area contributed by atoms with Gasteiger partial charge in [0.25, 0.3) is 0 Å². The summed E-state index contributed by atoms with van der Waals surface area (Å²) in [4.78, 5) is 9.21. The average molecular weight is 433 g/mol. The van der Waals surface area contributed by atoms with E-state index in [4.69, 9.17) is 4.52 Å². The molecule has 0 saturated heterocycles. The number of aromatic nitrogens is 3. The molecule has 1 aliphatic rings. The minimum Gasteiger partial charge on any atom is -0.361 e. The zero-order chi connectivity index (χ0) is 20.4. The van der Waals surface area contributed by atoms with Crippen molar-refractivity contribution in [1.29, 1.82) is 0 Å². The molecule has 154 valence electrons. The van der Waals surface area contributed by atoms with Gasteiger partial charge < -0.3 is 9.84 Å². The molecular weight excluding hydrogens is 408 g/mol. The van der Waals surface area contributed by atoms with Crippen LogP contribution in [0.5, 0.6) is 0 Å². The van der Waals surface area contributed by atoms with E-state index in [0.717, 1.165) is 35.9 Å². The molecule has 1 N–H and O–H groups in total. The van der Waals surface area contributed by atoms with Crippen LogP contribution in [0.25, 0.3) is 11.4 Å². The van der Waals surface area contributed by atoms with Crippen LogP contribution in [0, 0.1) is 19.8 Å². The third kappa shape index (κ3) is 4.20. The molecule has 3 heterocycles. The van der Waals surface area contributed by atoms with Crippen LogP contribution >= 0.6 is 11.3 Å². The number of hydrogen-bond acceptors (Lipinski definition) is 8. The molecule has 0 radical (unpaired) electrons. The van der Waals surface area contributed by atoms with E-state index in [2.05, 4.69) is 20.4 Å². The van der Waals surface area contributed by atoms with Gasteiger partial charge in [0, 0.05) is 18.1 Å². The first-order valence-corrected chi connectivity index (χ1v) is 12.2. The molecule has 0 atom stereocenters. The van der Waals surface area contributed by atoms with Crippen LogP contribution in [0.3, 0.4) is 0 Å². The number of nitrogens with zero attached hydrogens (tertiary/aromatic N) is 3. The Balaban J connectivity index is 1.32. The highest BCUT2D eigenvalue weighted by atomic mass is 32.2. The first kappa shape index (κ1) is 20.0. The average Bonchev–Trinajstić information content (AvgIpc) is 3.34. The molecule has 0 bridgehead atoms. The minimum absolute atomic E-state index is 0.281. The van der Waals surface area contributed by atoms with E-state index in [-0.39, 0.29) is 10.1 Å². The minimum atomic E-state index is -3.39. The lowest BCUT2D eigenvalue weighted by Crippen LogP contribution is -2.30. The van der Waals surface area contributed by atoms with E-state index in [1.54, 1.807) is 31.4 Å². The Kier molecular flexibility index (Phi) is 5.69. The molecular formula is C20H24N4O3S2. The highest BCUT2D eigenvalue weighted by Gasteiger charge is 2.35. The van der Waals surface area contributed by atoms with E-state index < -0.39 is 9.84 Å². The SMILES string of the molecule is Cc1noc(C)c1S(=O)(=O)C1CCC(CNc2nc(-c3ccccn3)cs2)CC1. The topological polar surface area (TPSA) is 98.0 Å². The van der Waals surface area contributed by atoms with Crippen LogP contribution in [-0.2, 0) is 9.84 Å². The Morgan fingerprint density at radius 1 is 1.17 bits per heavy atom. The molecule has 3 aromatic heterocycles. The molecule has 0 amide bonds. The molecule has 9 heteroatoms. The van der Waals surface area contributed by atoms with Crippen molar-refractivity contribution in [2.45, 2.75) is 49.7 Å². The predicted molar refractivity (Wildman–Crippen MR) is 113 cm³/mol. The van der Waals surface area contributed by atoms with Crippen LogP contribution in [0.2, 0.25) is 0 Å². The summed E-state index contributed by atoms with van der Waals surface area (Å²) in [7, 11) is -3.39. The Labute approximate surface area is 174 Å². The molecule has 0 aromatic carbocycles. The van der Waals surface area contributed by atoms with E-state index in [1.807, 2.05) is 23.6 Å². The zero-order valence-corrected chi connectivity index (χ0v) is 18.1. The van der Waals surface area contributed by atoms with Gasteiger partial charge in [0.2, 0.25) is 0 Å². The molecule has 0 aliphatic heterocycles. The van der Waals surface area contributed by atoms with Crippen molar-refractivity contribution in [3.05, 3.63) is 41.2 Å². The maximum atomic E-state index is 13.0. The predicted octanol–water partition coefficient (Wildman–Crippen LogP) is 4.25. The highest BCUT2D eigenvalue weighted by Crippen LogP contribution is 2.34. The third-order valence-corrected chi connectivity index (χ3v) is 8.76. The van der Waals surface area contributed by atoms with E-state index in [0.29, 0.717) is 30.2 Å². The second-order valence-corrected chi connectivity index (χ2v) is 10.5. The third-order valence-electron chi connectivity index (χ3n) is 5.46.